The van der Waals surface area contributed by atoms with Gasteiger partial charge in [-0.3, -0.25) is 62.3 Å². The van der Waals surface area contributed by atoms with Crippen molar-refractivity contribution >= 4 is 128 Å². The summed E-state index contributed by atoms with van der Waals surface area (Å²) in [5, 5.41) is 62.0. The summed E-state index contributed by atoms with van der Waals surface area (Å²) in [4.78, 5) is 208. The summed E-state index contributed by atoms with van der Waals surface area (Å²) < 4.78 is 18.2. The molecule has 12 rings (SSSR count). The van der Waals surface area contributed by atoms with E-state index in [0.717, 1.165) is 0 Å². The highest BCUT2D eigenvalue weighted by molar-refractivity contribution is 6.09. The van der Waals surface area contributed by atoms with E-state index in [4.69, 9.17) is 51.8 Å². The maximum absolute atomic E-state index is 14.5. The quantitative estimate of drug-likeness (QED) is 0.0260. The molecule has 40 heteroatoms. The third-order valence-electron chi connectivity index (χ3n) is 22.3. The molecule has 40 nitrogen and oxygen atoms in total. The number of hydrogen-bond donors (Lipinski definition) is 18. The lowest BCUT2D eigenvalue weighted by atomic mass is 9.90. The summed E-state index contributed by atoms with van der Waals surface area (Å²) in [6, 6.07) is 19.4. The topological polar surface area (TPSA) is 613 Å². The van der Waals surface area contributed by atoms with Crippen LogP contribution in [0.15, 0.2) is 118 Å². The fourth-order valence-electron chi connectivity index (χ4n) is 15.1. The van der Waals surface area contributed by atoms with Crippen LogP contribution in [0.25, 0.3) is 33.4 Å². The number of piperidine rings is 2. The number of carboxylic acids is 1. The molecule has 2 saturated heterocycles. The fourth-order valence-corrected chi connectivity index (χ4v) is 15.1. The van der Waals surface area contributed by atoms with Crippen LogP contribution in [0.5, 0.6) is 17.2 Å². The molecule has 664 valence electrons. The van der Waals surface area contributed by atoms with Gasteiger partial charge in [-0.15, -0.1) is 0 Å². The summed E-state index contributed by atoms with van der Waals surface area (Å²) in [7, 11) is 0. The first-order valence-corrected chi connectivity index (χ1v) is 41.4. The number of aliphatic hydroxyl groups is 1. The number of aromatic hydroxyl groups is 1. The fraction of sp³-hybridized carbons (Fsp3) is 0.384. The number of benzene rings is 6. The molecule has 1 aliphatic carbocycles. The molecule has 0 bridgehead atoms. The number of nitrogens with zero attached hydrogens (tertiary/aromatic N) is 5. The van der Waals surface area contributed by atoms with Crippen molar-refractivity contribution in [3.63, 3.8) is 0 Å². The maximum atomic E-state index is 14.5. The first-order chi connectivity index (χ1) is 60.5. The van der Waals surface area contributed by atoms with Gasteiger partial charge in [0.25, 0.3) is 11.8 Å². The minimum absolute atomic E-state index is 0.0254. The highest BCUT2D eigenvalue weighted by Gasteiger charge is 2.37. The van der Waals surface area contributed by atoms with E-state index in [1.807, 2.05) is 16.7 Å². The van der Waals surface area contributed by atoms with Crippen molar-refractivity contribution in [1.82, 2.24) is 52.2 Å². The summed E-state index contributed by atoms with van der Waals surface area (Å²) in [5.41, 5.74) is 24.2. The molecule has 6 atom stereocenters. The van der Waals surface area contributed by atoms with E-state index < -0.39 is 145 Å². The summed E-state index contributed by atoms with van der Waals surface area (Å²) >= 11 is 0. The number of carbonyl (C=O) groups is 13. The number of rotatable bonds is 27. The summed E-state index contributed by atoms with van der Waals surface area (Å²) in [6.45, 7) is 2.68. The van der Waals surface area contributed by atoms with Crippen molar-refractivity contribution < 1.29 is 91.5 Å². The molecular weight excluding hydrogens is 1630 g/mol. The first kappa shape index (κ1) is 90.8. The second-order valence-corrected chi connectivity index (χ2v) is 31.1. The van der Waals surface area contributed by atoms with Gasteiger partial charge in [0.2, 0.25) is 76.9 Å². The Bertz CT molecular complexity index is 5520. The number of nitrogens with two attached hydrogens (primary N) is 4. The average molecular weight is 1730 g/mol. The second kappa shape index (κ2) is 41.6. The standard InChI is InChI=1S/C86H100N20O20/c1-3-44(2)72-82(121)98-62(9-5-7-28-88)80(119)99-63-34-47(73(89)112)10-11-48(63)43-125-66-21-14-50(37-59(66)78(117)101-72)94-70(111)41-92-76(115)46-24-31-106(32-25-46)86-103-84(95-51-12-17-54(57(35-51)83(122)123)71-55-18-15-52(108)38-67(55)126-68-39-53(109)16-19-56(68)71)102-85(104-86)105-29-22-45(23-30-105)75(114)91-40-69(110)93-49-13-20-65-58(36-49)77(116)100-64(42-107)81(120)97-61(8-4-6-27-87)79(118)96-60(74(90)113)26-33-124-65/h10-21,34-39,44-46,60-62,64,72,107-108H,3-9,22-33,40-43,87-88H2,1-2H3,(H2,89,112)(H2,90,113)(H,91,114)(H,92,115)(H,93,110)(H,94,111)(H,96,118)(H,97,120)(H,98,121)(H,99,119)(H,100,116)(H,101,117)(H,122,123)(H,95,102,103,104)/t44-,60-,61-,62-,64-,72-/m0/s1. The summed E-state index contributed by atoms with van der Waals surface area (Å²) in [5.74, 6) is -11.2. The monoisotopic (exact) mass is 1730 g/mol. The van der Waals surface area contributed by atoms with Crippen LogP contribution < -0.4 is 106 Å². The van der Waals surface area contributed by atoms with Gasteiger partial charge >= 0.3 is 5.97 Å². The predicted molar refractivity (Wildman–Crippen MR) is 460 cm³/mol. The lowest BCUT2D eigenvalue weighted by Gasteiger charge is -2.34. The molecule has 22 N–H and O–H groups in total. The molecule has 6 aliphatic rings. The number of fused-ring (bicyclic) bond motifs is 5. The van der Waals surface area contributed by atoms with Crippen LogP contribution in [0.2, 0.25) is 0 Å². The van der Waals surface area contributed by atoms with E-state index in [2.05, 4.69) is 58.5 Å². The van der Waals surface area contributed by atoms with Gasteiger partial charge in [-0.05, 0) is 174 Å². The van der Waals surface area contributed by atoms with Crippen LogP contribution in [-0.2, 0) is 49.8 Å². The average Bonchev–Trinajstić information content (AvgIpc) is 0.744. The Kier molecular flexibility index (Phi) is 30.0. The van der Waals surface area contributed by atoms with E-state index in [9.17, 15) is 82.4 Å². The van der Waals surface area contributed by atoms with E-state index in [1.54, 1.807) is 25.1 Å². The van der Waals surface area contributed by atoms with Crippen LogP contribution in [0.4, 0.5) is 40.6 Å². The van der Waals surface area contributed by atoms with Gasteiger partial charge in [-0.2, -0.15) is 15.0 Å². The molecule has 0 radical (unpaired) electrons. The number of primary amides is 2. The van der Waals surface area contributed by atoms with Gasteiger partial charge in [-0.1, -0.05) is 32.4 Å². The number of aliphatic hydroxyl groups excluding tert-OH is 1. The zero-order valence-electron chi connectivity index (χ0n) is 69.1. The van der Waals surface area contributed by atoms with Gasteiger partial charge in [0.05, 0.1) is 43.0 Å². The van der Waals surface area contributed by atoms with Crippen LogP contribution in [0.1, 0.15) is 138 Å². The zero-order valence-corrected chi connectivity index (χ0v) is 69.1. The Morgan fingerprint density at radius 1 is 0.579 bits per heavy atom. The number of nitrogens with one attached hydrogen (secondary N) is 11. The molecule has 0 unspecified atom stereocenters. The Balaban J connectivity index is 0.727. The van der Waals surface area contributed by atoms with Gasteiger partial charge in [0.15, 0.2) is 5.43 Å². The number of aromatic nitrogens is 3. The number of ether oxygens (including phenoxy) is 2. The Labute approximate surface area is 720 Å². The lowest BCUT2D eigenvalue weighted by molar-refractivity contribution is -0.132. The molecule has 2 fully saturated rings. The van der Waals surface area contributed by atoms with Crippen LogP contribution in [0.3, 0.4) is 0 Å². The molecule has 6 heterocycles. The van der Waals surface area contributed by atoms with Crippen molar-refractivity contribution in [3.8, 4) is 39.7 Å². The van der Waals surface area contributed by atoms with Crippen molar-refractivity contribution in [3.05, 3.63) is 147 Å². The highest BCUT2D eigenvalue weighted by Crippen LogP contribution is 2.43. The number of anilines is 7. The Morgan fingerprint density at radius 3 is 1.73 bits per heavy atom. The SMILES string of the molecule is CC[C@H](C)[C@@H]1NC(=O)c2cc(NC(=O)CNC(=O)C3CCN(c4nc(Nc5ccc(-c6c7ccc(=O)cc-7oc7cc(O)ccc67)c(C(=O)O)c5)nc(N5CCC(C(=O)NCC(=O)Nc6ccc7c(c6)C(=O)N[C@@H](CO)C(=O)N[C@@H](CCCCN)C(=O)N[C@H](C(N)=O)CCO7)CC5)n4)CC3)ccc2OCc2ccc(C(N)=O)cc2NC(=O)[C@H](CCCCN)NC1=O. The van der Waals surface area contributed by atoms with E-state index in [1.165, 1.54) is 91.0 Å². The number of carboxylic acid groups (broad SMARTS) is 1. The summed E-state index contributed by atoms with van der Waals surface area (Å²) in [6.07, 6.45) is 3.49. The molecule has 0 spiro atoms. The molecule has 12 amide bonds. The van der Waals surface area contributed by atoms with Crippen molar-refractivity contribution in [2.24, 2.45) is 40.7 Å². The third-order valence-corrected chi connectivity index (χ3v) is 22.3. The van der Waals surface area contributed by atoms with Gasteiger partial charge in [-0.25, -0.2) is 4.79 Å². The van der Waals surface area contributed by atoms with E-state index in [-0.39, 0.29) is 187 Å². The smallest absolute Gasteiger partial charge is 0.336 e. The number of phenolic OH excluding ortho intramolecular Hbond substituents is 1. The van der Waals surface area contributed by atoms with Crippen molar-refractivity contribution in [2.75, 3.05) is 96.6 Å². The zero-order chi connectivity index (χ0) is 90.0. The second-order valence-electron chi connectivity index (χ2n) is 31.1. The molecule has 0 saturated carbocycles. The number of aromatic carboxylic acids is 1. The normalized spacial score (nSPS) is 18.4. The number of phenols is 1. The molecule has 1 aromatic heterocycles. The van der Waals surface area contributed by atoms with E-state index >= 15 is 0 Å². The minimum Gasteiger partial charge on any atom is -0.508 e. The van der Waals surface area contributed by atoms with E-state index in [0.29, 0.717) is 67.3 Å². The molecule has 6 aromatic rings. The minimum atomic E-state index is -1.58. The number of hydrogen-bond acceptors (Lipinski definition) is 27. The predicted octanol–water partition coefficient (Wildman–Crippen LogP) is 2.69. The van der Waals surface area contributed by atoms with Crippen molar-refractivity contribution in [1.29, 1.82) is 0 Å². The van der Waals surface area contributed by atoms with Crippen LogP contribution in [0, 0.1) is 17.8 Å². The van der Waals surface area contributed by atoms with Gasteiger partial charge < -0.3 is 120 Å². The largest absolute Gasteiger partial charge is 0.508 e. The third kappa shape index (κ3) is 22.7. The number of unbranched alkanes of at least 4 members (excludes halogenated alkanes) is 2. The van der Waals surface area contributed by atoms with Gasteiger partial charge in [0, 0.05) is 107 Å². The van der Waals surface area contributed by atoms with Crippen LogP contribution >= 0.6 is 0 Å². The molecule has 5 aliphatic heterocycles. The molecule has 126 heavy (non-hydrogen) atoms. The van der Waals surface area contributed by atoms with Gasteiger partial charge in [0.1, 0.15) is 65.4 Å². The number of carbonyl (C=O) groups excluding carboxylic acids is 12. The highest BCUT2D eigenvalue weighted by atomic mass is 16.5. The van der Waals surface area contributed by atoms with Crippen LogP contribution in [-0.4, -0.2) is 203 Å². The first-order valence-electron chi connectivity index (χ1n) is 41.4. The number of amides is 12. The van der Waals surface area contributed by atoms with Crippen molar-refractivity contribution in [2.45, 2.75) is 128 Å². The molecular formula is C86H100N20O20. The Morgan fingerprint density at radius 2 is 1.15 bits per heavy atom. The Hall–Kier alpha value is -14.4. The lowest BCUT2D eigenvalue weighted by Crippen LogP contribution is -2.57. The maximum Gasteiger partial charge on any atom is 0.336 e. The molecule has 5 aromatic carbocycles.